The van der Waals surface area contributed by atoms with Gasteiger partial charge in [-0.1, -0.05) is 30.4 Å². The van der Waals surface area contributed by atoms with E-state index < -0.39 is 0 Å². The van der Waals surface area contributed by atoms with Crippen LogP contribution >= 0.6 is 11.3 Å². The average Bonchev–Trinajstić information content (AvgIpc) is 3.15. The molecular weight excluding hydrogens is 353 g/mol. The predicted octanol–water partition coefficient (Wildman–Crippen LogP) is 3.61. The first-order valence-corrected chi connectivity index (χ1v) is 9.23. The van der Waals surface area contributed by atoms with Gasteiger partial charge in [0.2, 0.25) is 11.0 Å². The lowest BCUT2D eigenvalue weighted by atomic mass is 10.1. The molecule has 3 rings (SSSR count). The number of nitrogens with one attached hydrogen (secondary N) is 1. The van der Waals surface area contributed by atoms with Crippen molar-refractivity contribution in [3.8, 4) is 5.69 Å². The Labute approximate surface area is 155 Å². The molecule has 6 nitrogen and oxygen atoms in total. The van der Waals surface area contributed by atoms with Crippen molar-refractivity contribution in [1.82, 2.24) is 20.0 Å². The van der Waals surface area contributed by atoms with E-state index in [-0.39, 0.29) is 18.1 Å². The molecule has 1 amide bonds. The number of halogens is 1. The maximum absolute atomic E-state index is 14.1. The first kappa shape index (κ1) is 18.2. The Morgan fingerprint density at radius 3 is 2.77 bits per heavy atom. The summed E-state index contributed by atoms with van der Waals surface area (Å²) in [5.74, 6) is -0.546. The fraction of sp³-hybridized carbons (Fsp3) is 0.333. The lowest BCUT2D eigenvalue weighted by molar-refractivity contribution is -0.115. The van der Waals surface area contributed by atoms with Crippen LogP contribution in [0.2, 0.25) is 0 Å². The summed E-state index contributed by atoms with van der Waals surface area (Å²) in [5.41, 5.74) is 2.59. The molecular formula is C18H20FN5OS. The Bertz CT molecular complexity index is 934. The van der Waals surface area contributed by atoms with Gasteiger partial charge in [-0.15, -0.1) is 10.2 Å². The number of amides is 1. The normalized spacial score (nSPS) is 10.9. The maximum atomic E-state index is 14.1. The maximum Gasteiger partial charge on any atom is 0.230 e. The molecule has 0 fully saturated rings. The zero-order valence-electron chi connectivity index (χ0n) is 14.9. The number of benzene rings is 1. The second-order valence-electron chi connectivity index (χ2n) is 5.99. The minimum absolute atomic E-state index is 0.148. The van der Waals surface area contributed by atoms with Gasteiger partial charge in [-0.05, 0) is 32.4 Å². The molecule has 2 heterocycles. The van der Waals surface area contributed by atoms with Gasteiger partial charge in [-0.3, -0.25) is 4.79 Å². The number of carbonyl (C=O) groups excluding carboxylic acids is 1. The first-order valence-electron chi connectivity index (χ1n) is 8.41. The highest BCUT2D eigenvalue weighted by Gasteiger charge is 2.18. The van der Waals surface area contributed by atoms with Crippen LogP contribution in [0.15, 0.2) is 24.3 Å². The van der Waals surface area contributed by atoms with Crippen LogP contribution in [0, 0.1) is 19.7 Å². The van der Waals surface area contributed by atoms with Crippen molar-refractivity contribution in [2.75, 3.05) is 5.32 Å². The van der Waals surface area contributed by atoms with Crippen LogP contribution in [0.4, 0.5) is 9.52 Å². The van der Waals surface area contributed by atoms with Crippen LogP contribution in [0.5, 0.6) is 0 Å². The minimum Gasteiger partial charge on any atom is -0.300 e. The number of anilines is 1. The molecule has 0 aliphatic carbocycles. The molecule has 136 valence electrons. The summed E-state index contributed by atoms with van der Waals surface area (Å²) in [7, 11) is 0. The highest BCUT2D eigenvalue weighted by Crippen LogP contribution is 2.21. The Balaban J connectivity index is 1.77. The van der Waals surface area contributed by atoms with Gasteiger partial charge >= 0.3 is 0 Å². The van der Waals surface area contributed by atoms with Crippen molar-refractivity contribution in [3.63, 3.8) is 0 Å². The average molecular weight is 373 g/mol. The molecule has 8 heteroatoms. The smallest absolute Gasteiger partial charge is 0.230 e. The Hall–Kier alpha value is -2.61. The molecule has 0 bridgehead atoms. The van der Waals surface area contributed by atoms with Crippen molar-refractivity contribution in [1.29, 1.82) is 0 Å². The molecule has 1 aromatic carbocycles. The monoisotopic (exact) mass is 373 g/mol. The van der Waals surface area contributed by atoms with Crippen molar-refractivity contribution < 1.29 is 9.18 Å². The van der Waals surface area contributed by atoms with E-state index in [9.17, 15) is 9.18 Å². The van der Waals surface area contributed by atoms with Crippen molar-refractivity contribution in [2.45, 2.75) is 40.0 Å². The van der Waals surface area contributed by atoms with E-state index in [1.54, 1.807) is 18.2 Å². The Morgan fingerprint density at radius 1 is 1.27 bits per heavy atom. The number of rotatable bonds is 6. The highest BCUT2D eigenvalue weighted by atomic mass is 32.1. The van der Waals surface area contributed by atoms with E-state index in [0.717, 1.165) is 29.1 Å². The summed E-state index contributed by atoms with van der Waals surface area (Å²) < 4.78 is 15.6. The van der Waals surface area contributed by atoms with Gasteiger partial charge in [0.1, 0.15) is 16.5 Å². The van der Waals surface area contributed by atoms with Gasteiger partial charge in [0, 0.05) is 17.7 Å². The molecule has 0 aliphatic heterocycles. The molecule has 3 aromatic rings. The van der Waals surface area contributed by atoms with Crippen molar-refractivity contribution in [3.05, 3.63) is 52.0 Å². The summed E-state index contributed by atoms with van der Waals surface area (Å²) in [6.45, 7) is 5.72. The van der Waals surface area contributed by atoms with Crippen LogP contribution in [0.1, 0.15) is 35.3 Å². The summed E-state index contributed by atoms with van der Waals surface area (Å²) in [5, 5.41) is 16.6. The molecule has 1 N–H and O–H groups in total. The van der Waals surface area contributed by atoms with E-state index in [0.29, 0.717) is 16.5 Å². The summed E-state index contributed by atoms with van der Waals surface area (Å²) in [6.07, 6.45) is 1.98. The van der Waals surface area contributed by atoms with Crippen LogP contribution in [0.3, 0.4) is 0 Å². The van der Waals surface area contributed by atoms with Gasteiger partial charge < -0.3 is 5.32 Å². The zero-order valence-corrected chi connectivity index (χ0v) is 15.7. The second-order valence-corrected chi connectivity index (χ2v) is 7.05. The van der Waals surface area contributed by atoms with Gasteiger partial charge in [0.05, 0.1) is 12.1 Å². The molecule has 0 saturated carbocycles. The van der Waals surface area contributed by atoms with Crippen molar-refractivity contribution in [2.24, 2.45) is 0 Å². The van der Waals surface area contributed by atoms with Gasteiger partial charge in [0.25, 0.3) is 0 Å². The minimum atomic E-state index is -0.355. The highest BCUT2D eigenvalue weighted by molar-refractivity contribution is 7.15. The summed E-state index contributed by atoms with van der Waals surface area (Å²) in [4.78, 5) is 12.4. The molecule has 0 aliphatic rings. The van der Waals surface area contributed by atoms with E-state index in [1.165, 1.54) is 22.1 Å². The number of aromatic nitrogens is 4. The third kappa shape index (κ3) is 3.80. The number of hydrogen-bond acceptors (Lipinski definition) is 5. The SMILES string of the molecule is CCCc1nnc(NC(=O)Cc2c(C)nn(-c3ccccc3F)c2C)s1. The third-order valence-corrected chi connectivity index (χ3v) is 4.93. The van der Waals surface area contributed by atoms with E-state index in [1.807, 2.05) is 13.8 Å². The number of aryl methyl sites for hydroxylation is 2. The van der Waals surface area contributed by atoms with E-state index >= 15 is 0 Å². The lowest BCUT2D eigenvalue weighted by Crippen LogP contribution is -2.15. The van der Waals surface area contributed by atoms with Gasteiger partial charge in [-0.2, -0.15) is 5.10 Å². The fourth-order valence-electron chi connectivity index (χ4n) is 2.73. The number of para-hydroxylation sites is 1. The molecule has 0 spiro atoms. The lowest BCUT2D eigenvalue weighted by Gasteiger charge is -2.06. The zero-order chi connectivity index (χ0) is 18.7. The molecule has 0 atom stereocenters. The van der Waals surface area contributed by atoms with Gasteiger partial charge in [-0.25, -0.2) is 9.07 Å². The third-order valence-electron chi connectivity index (χ3n) is 4.04. The predicted molar refractivity (Wildman–Crippen MR) is 99.2 cm³/mol. The molecule has 0 unspecified atom stereocenters. The summed E-state index contributed by atoms with van der Waals surface area (Å²) >= 11 is 1.38. The molecule has 0 saturated heterocycles. The first-order chi connectivity index (χ1) is 12.5. The Kier molecular flexibility index (Phi) is 5.41. The van der Waals surface area contributed by atoms with Crippen LogP contribution in [-0.4, -0.2) is 25.9 Å². The molecule has 26 heavy (non-hydrogen) atoms. The van der Waals surface area contributed by atoms with E-state index in [2.05, 4.69) is 27.5 Å². The Morgan fingerprint density at radius 2 is 2.04 bits per heavy atom. The fourth-order valence-corrected chi connectivity index (χ4v) is 3.59. The van der Waals surface area contributed by atoms with Crippen molar-refractivity contribution >= 4 is 22.4 Å². The molecule has 2 aromatic heterocycles. The summed E-state index contributed by atoms with van der Waals surface area (Å²) in [6, 6.07) is 6.44. The topological polar surface area (TPSA) is 72.7 Å². The number of nitrogens with zero attached hydrogens (tertiary/aromatic N) is 4. The number of carbonyl (C=O) groups is 1. The van der Waals surface area contributed by atoms with Crippen LogP contribution in [0.25, 0.3) is 5.69 Å². The van der Waals surface area contributed by atoms with E-state index in [4.69, 9.17) is 0 Å². The van der Waals surface area contributed by atoms with Gasteiger partial charge in [0.15, 0.2) is 0 Å². The molecule has 0 radical (unpaired) electrons. The standard InChI is InChI=1S/C18H20FN5OS/c1-4-7-17-21-22-18(26-17)20-16(25)10-13-11(2)23-24(12(13)3)15-9-6-5-8-14(15)19/h5-6,8-9H,4,7,10H2,1-3H3,(H,20,22,25). The van der Waals surface area contributed by atoms with Crippen LogP contribution < -0.4 is 5.32 Å². The van der Waals surface area contributed by atoms with Crippen LogP contribution in [-0.2, 0) is 17.6 Å². The quantitative estimate of drug-likeness (QED) is 0.716. The second kappa shape index (κ2) is 7.74. The number of hydrogen-bond donors (Lipinski definition) is 1. The largest absolute Gasteiger partial charge is 0.300 e.